The Hall–Kier alpha value is -2.24. The third kappa shape index (κ3) is 4.59. The largest absolute Gasteiger partial charge is 0.495 e. The number of hydrogen-bond acceptors (Lipinski definition) is 4. The van der Waals surface area contributed by atoms with Gasteiger partial charge in [-0.1, -0.05) is 24.3 Å². The van der Waals surface area contributed by atoms with E-state index in [2.05, 4.69) is 49.7 Å². The van der Waals surface area contributed by atoms with Gasteiger partial charge in [-0.05, 0) is 43.7 Å². The lowest BCUT2D eigenvalue weighted by Gasteiger charge is -2.36. The third-order valence-corrected chi connectivity index (χ3v) is 5.45. The fourth-order valence-corrected chi connectivity index (χ4v) is 3.91. The minimum Gasteiger partial charge on any atom is -0.495 e. The second-order valence-corrected chi connectivity index (χ2v) is 7.13. The summed E-state index contributed by atoms with van der Waals surface area (Å²) in [6.07, 6.45) is 4.38. The van der Waals surface area contributed by atoms with Crippen molar-refractivity contribution in [3.05, 3.63) is 54.9 Å². The number of para-hydroxylation sites is 4. The van der Waals surface area contributed by atoms with Crippen LogP contribution in [0.1, 0.15) is 12.8 Å². The Morgan fingerprint density at radius 3 is 2.43 bits per heavy atom. The molecule has 0 spiro atoms. The van der Waals surface area contributed by atoms with Gasteiger partial charge in [0.05, 0.1) is 30.2 Å². The number of aryl methyl sites for hydroxylation is 1. The Labute approximate surface area is 173 Å². The molecule has 1 saturated heterocycles. The second-order valence-electron chi connectivity index (χ2n) is 7.13. The van der Waals surface area contributed by atoms with Crippen LogP contribution in [0.25, 0.3) is 11.0 Å². The van der Waals surface area contributed by atoms with E-state index in [0.29, 0.717) is 0 Å². The van der Waals surface area contributed by atoms with Crippen molar-refractivity contribution in [3.8, 4) is 5.75 Å². The summed E-state index contributed by atoms with van der Waals surface area (Å²) in [5.74, 6) is 0.971. The zero-order chi connectivity index (χ0) is 18.5. The number of piperazine rings is 1. The van der Waals surface area contributed by atoms with Gasteiger partial charge in [0.15, 0.2) is 0 Å². The van der Waals surface area contributed by atoms with Crippen LogP contribution in [0.15, 0.2) is 54.9 Å². The Morgan fingerprint density at radius 2 is 1.61 bits per heavy atom. The summed E-state index contributed by atoms with van der Waals surface area (Å²) in [5, 5.41) is 0. The molecular formula is C22H29ClN4O. The van der Waals surface area contributed by atoms with Gasteiger partial charge in [0.2, 0.25) is 0 Å². The SMILES string of the molecule is COc1ccccc1N1CCN(CCCCn2cnc3ccccc32)CC1.Cl. The molecular weight excluding hydrogens is 372 g/mol. The van der Waals surface area contributed by atoms with E-state index in [-0.39, 0.29) is 12.4 Å². The van der Waals surface area contributed by atoms with Crippen molar-refractivity contribution in [1.29, 1.82) is 0 Å². The number of methoxy groups -OCH3 is 1. The predicted octanol–water partition coefficient (Wildman–Crippen LogP) is 4.07. The van der Waals surface area contributed by atoms with Crippen LogP contribution in [0, 0.1) is 0 Å². The lowest BCUT2D eigenvalue weighted by atomic mass is 10.2. The van der Waals surface area contributed by atoms with E-state index in [1.165, 1.54) is 30.6 Å². The molecule has 0 saturated carbocycles. The van der Waals surface area contributed by atoms with Crippen LogP contribution in [-0.4, -0.2) is 54.3 Å². The molecule has 0 unspecified atom stereocenters. The van der Waals surface area contributed by atoms with E-state index in [9.17, 15) is 0 Å². The van der Waals surface area contributed by atoms with Crippen LogP contribution in [0.5, 0.6) is 5.75 Å². The molecule has 150 valence electrons. The van der Waals surface area contributed by atoms with E-state index < -0.39 is 0 Å². The predicted molar refractivity (Wildman–Crippen MR) is 118 cm³/mol. The van der Waals surface area contributed by atoms with Crippen molar-refractivity contribution in [2.24, 2.45) is 0 Å². The Balaban J connectivity index is 0.00000225. The maximum Gasteiger partial charge on any atom is 0.142 e. The number of halogens is 1. The first-order chi connectivity index (χ1) is 13.3. The molecule has 0 bridgehead atoms. The molecule has 1 aliphatic rings. The smallest absolute Gasteiger partial charge is 0.142 e. The van der Waals surface area contributed by atoms with Gasteiger partial charge in [0, 0.05) is 32.7 Å². The fraction of sp³-hybridized carbons (Fsp3) is 0.409. The van der Waals surface area contributed by atoms with E-state index in [1.807, 2.05) is 24.5 Å². The van der Waals surface area contributed by atoms with Crippen LogP contribution >= 0.6 is 12.4 Å². The summed E-state index contributed by atoms with van der Waals surface area (Å²) in [5.41, 5.74) is 3.54. The van der Waals surface area contributed by atoms with E-state index >= 15 is 0 Å². The summed E-state index contributed by atoms with van der Waals surface area (Å²) in [7, 11) is 1.75. The average Bonchev–Trinajstić information content (AvgIpc) is 3.15. The number of fused-ring (bicyclic) bond motifs is 1. The molecule has 28 heavy (non-hydrogen) atoms. The van der Waals surface area contributed by atoms with Crippen molar-refractivity contribution in [2.75, 3.05) is 44.7 Å². The summed E-state index contributed by atoms with van der Waals surface area (Å²) in [4.78, 5) is 9.49. The molecule has 0 amide bonds. The zero-order valence-corrected chi connectivity index (χ0v) is 17.3. The van der Waals surface area contributed by atoms with Crippen molar-refractivity contribution in [1.82, 2.24) is 14.5 Å². The topological polar surface area (TPSA) is 33.5 Å². The highest BCUT2D eigenvalue weighted by Gasteiger charge is 2.19. The van der Waals surface area contributed by atoms with Gasteiger partial charge in [-0.2, -0.15) is 0 Å². The standard InChI is InChI=1S/C22H28N4O.ClH/c1-27-22-11-5-4-10-21(22)25-16-14-24(15-17-25)12-6-7-13-26-18-23-19-8-2-3-9-20(19)26;/h2-5,8-11,18H,6-7,12-17H2,1H3;1H. The van der Waals surface area contributed by atoms with Crippen LogP contribution < -0.4 is 9.64 Å². The van der Waals surface area contributed by atoms with Crippen LogP contribution in [0.2, 0.25) is 0 Å². The zero-order valence-electron chi connectivity index (χ0n) is 16.5. The third-order valence-electron chi connectivity index (χ3n) is 5.45. The number of anilines is 1. The van der Waals surface area contributed by atoms with Gasteiger partial charge in [-0.15, -0.1) is 12.4 Å². The molecule has 5 nitrogen and oxygen atoms in total. The van der Waals surface area contributed by atoms with Crippen molar-refractivity contribution in [2.45, 2.75) is 19.4 Å². The fourth-order valence-electron chi connectivity index (χ4n) is 3.91. The van der Waals surface area contributed by atoms with Crippen molar-refractivity contribution >= 4 is 29.1 Å². The number of aromatic nitrogens is 2. The summed E-state index contributed by atoms with van der Waals surface area (Å²) < 4.78 is 7.78. The molecule has 0 radical (unpaired) electrons. The molecule has 1 fully saturated rings. The highest BCUT2D eigenvalue weighted by Crippen LogP contribution is 2.28. The van der Waals surface area contributed by atoms with Gasteiger partial charge >= 0.3 is 0 Å². The molecule has 3 aromatic rings. The van der Waals surface area contributed by atoms with Crippen molar-refractivity contribution < 1.29 is 4.74 Å². The number of unbranched alkanes of at least 4 members (excludes halogenated alkanes) is 1. The maximum absolute atomic E-state index is 5.51. The molecule has 0 aliphatic carbocycles. The number of benzene rings is 2. The average molecular weight is 401 g/mol. The maximum atomic E-state index is 5.51. The molecule has 2 aromatic carbocycles. The minimum atomic E-state index is 0. The molecule has 0 atom stereocenters. The molecule has 6 heteroatoms. The lowest BCUT2D eigenvalue weighted by molar-refractivity contribution is 0.250. The van der Waals surface area contributed by atoms with Gasteiger partial charge in [-0.25, -0.2) is 4.98 Å². The molecule has 0 N–H and O–H groups in total. The highest BCUT2D eigenvalue weighted by molar-refractivity contribution is 5.85. The second kappa shape index (κ2) is 9.80. The van der Waals surface area contributed by atoms with Crippen molar-refractivity contribution in [3.63, 3.8) is 0 Å². The highest BCUT2D eigenvalue weighted by atomic mass is 35.5. The van der Waals surface area contributed by atoms with E-state index in [0.717, 1.165) is 44.0 Å². The summed E-state index contributed by atoms with van der Waals surface area (Å²) in [6, 6.07) is 16.7. The van der Waals surface area contributed by atoms with Crippen LogP contribution in [0.3, 0.4) is 0 Å². The monoisotopic (exact) mass is 400 g/mol. The quantitative estimate of drug-likeness (QED) is 0.560. The number of imidazole rings is 1. The molecule has 4 rings (SSSR count). The Bertz CT molecular complexity index is 874. The molecule has 2 heterocycles. The van der Waals surface area contributed by atoms with Crippen LogP contribution in [0.4, 0.5) is 5.69 Å². The van der Waals surface area contributed by atoms with Gasteiger partial charge in [0.25, 0.3) is 0 Å². The Kier molecular flexibility index (Phi) is 7.18. The van der Waals surface area contributed by atoms with E-state index in [1.54, 1.807) is 7.11 Å². The molecule has 1 aliphatic heterocycles. The number of rotatable bonds is 7. The first-order valence-corrected chi connectivity index (χ1v) is 9.85. The first-order valence-electron chi connectivity index (χ1n) is 9.85. The first kappa shape index (κ1) is 20.5. The minimum absolute atomic E-state index is 0. The normalized spacial score (nSPS) is 14.8. The summed E-state index contributed by atoms with van der Waals surface area (Å²) in [6.45, 7) is 6.57. The lowest BCUT2D eigenvalue weighted by Crippen LogP contribution is -2.46. The van der Waals surface area contributed by atoms with Crippen LogP contribution in [-0.2, 0) is 6.54 Å². The van der Waals surface area contributed by atoms with Gasteiger partial charge < -0.3 is 14.2 Å². The molecule has 1 aromatic heterocycles. The number of ether oxygens (including phenoxy) is 1. The summed E-state index contributed by atoms with van der Waals surface area (Å²) >= 11 is 0. The Morgan fingerprint density at radius 1 is 0.893 bits per heavy atom. The number of nitrogens with zero attached hydrogens (tertiary/aromatic N) is 4. The van der Waals surface area contributed by atoms with Gasteiger partial charge in [-0.3, -0.25) is 4.90 Å². The van der Waals surface area contributed by atoms with E-state index in [4.69, 9.17) is 4.74 Å². The number of hydrogen-bond donors (Lipinski definition) is 0. The van der Waals surface area contributed by atoms with Gasteiger partial charge in [0.1, 0.15) is 5.75 Å².